The molecular weight excluding hydrogens is 320 g/mol. The van der Waals surface area contributed by atoms with Gasteiger partial charge in [-0.1, -0.05) is 19.3 Å². The number of amides is 1. The molecule has 7 heteroatoms. The van der Waals surface area contributed by atoms with Crippen molar-refractivity contribution in [3.05, 3.63) is 18.6 Å². The molecule has 0 atom stereocenters. The second-order valence-corrected chi connectivity index (χ2v) is 6.53. The van der Waals surface area contributed by atoms with Crippen LogP contribution in [0, 0.1) is 5.92 Å². The van der Waals surface area contributed by atoms with Crippen LogP contribution in [-0.4, -0.2) is 46.6 Å². The number of carbonyl (C=O) groups excluding carboxylic acids is 1. The van der Waals surface area contributed by atoms with Crippen LogP contribution in [0.1, 0.15) is 51.4 Å². The smallest absolute Gasteiger partial charge is 0.303 e. The summed E-state index contributed by atoms with van der Waals surface area (Å²) in [5.74, 6) is 0.398. The topological polar surface area (TPSA) is 95.4 Å². The van der Waals surface area contributed by atoms with E-state index in [1.54, 1.807) is 18.6 Å². The molecule has 7 nitrogen and oxygen atoms in total. The van der Waals surface area contributed by atoms with Gasteiger partial charge in [0.25, 0.3) is 0 Å². The second kappa shape index (κ2) is 10.6. The van der Waals surface area contributed by atoms with Crippen LogP contribution in [0.5, 0.6) is 0 Å². The summed E-state index contributed by atoms with van der Waals surface area (Å²) >= 11 is 0. The van der Waals surface area contributed by atoms with Gasteiger partial charge >= 0.3 is 5.97 Å². The molecule has 0 bridgehead atoms. The molecule has 1 saturated heterocycles. The zero-order valence-corrected chi connectivity index (χ0v) is 14.7. The first-order valence-corrected chi connectivity index (χ1v) is 9.17. The van der Waals surface area contributed by atoms with Gasteiger partial charge in [-0.05, 0) is 25.7 Å². The van der Waals surface area contributed by atoms with Crippen molar-refractivity contribution in [3.63, 3.8) is 0 Å². The Morgan fingerprint density at radius 2 is 1.84 bits per heavy atom. The SMILES string of the molecule is O=C(O)CCCCCCCNC(=O)C1CCN(c2cnccn2)CC1. The summed E-state index contributed by atoms with van der Waals surface area (Å²) < 4.78 is 0. The summed E-state index contributed by atoms with van der Waals surface area (Å²) in [4.78, 5) is 33.2. The van der Waals surface area contributed by atoms with E-state index in [1.807, 2.05) is 0 Å². The molecule has 1 aromatic heterocycles. The number of carbonyl (C=O) groups is 2. The molecule has 0 spiro atoms. The number of nitrogens with one attached hydrogen (secondary N) is 1. The Kier molecular flexibility index (Phi) is 8.15. The molecule has 0 aromatic carbocycles. The van der Waals surface area contributed by atoms with E-state index >= 15 is 0 Å². The minimum atomic E-state index is -0.724. The van der Waals surface area contributed by atoms with Crippen molar-refractivity contribution in [1.82, 2.24) is 15.3 Å². The lowest BCUT2D eigenvalue weighted by Crippen LogP contribution is -2.41. The zero-order valence-electron chi connectivity index (χ0n) is 14.7. The maximum atomic E-state index is 12.2. The maximum Gasteiger partial charge on any atom is 0.303 e. The number of nitrogens with zero attached hydrogens (tertiary/aromatic N) is 3. The fourth-order valence-electron chi connectivity index (χ4n) is 3.11. The Bertz CT molecular complexity index is 530. The lowest BCUT2D eigenvalue weighted by atomic mass is 9.96. The van der Waals surface area contributed by atoms with Crippen molar-refractivity contribution in [2.75, 3.05) is 24.5 Å². The quantitative estimate of drug-likeness (QED) is 0.630. The molecule has 1 aliphatic rings. The number of unbranched alkanes of at least 4 members (excludes halogenated alkanes) is 4. The predicted octanol–water partition coefficient (Wildman–Crippen LogP) is 2.23. The molecule has 25 heavy (non-hydrogen) atoms. The molecule has 0 saturated carbocycles. The monoisotopic (exact) mass is 348 g/mol. The molecule has 138 valence electrons. The summed E-state index contributed by atoms with van der Waals surface area (Å²) in [6.07, 6.45) is 11.8. The van der Waals surface area contributed by atoms with E-state index in [4.69, 9.17) is 5.11 Å². The number of hydrogen-bond donors (Lipinski definition) is 2. The first-order valence-electron chi connectivity index (χ1n) is 9.17. The normalized spacial score (nSPS) is 15.1. The van der Waals surface area contributed by atoms with Crippen LogP contribution in [0.15, 0.2) is 18.6 Å². The number of aliphatic carboxylic acids is 1. The van der Waals surface area contributed by atoms with Gasteiger partial charge in [-0.3, -0.25) is 14.6 Å². The van der Waals surface area contributed by atoms with Crippen LogP contribution in [0.2, 0.25) is 0 Å². The van der Waals surface area contributed by atoms with E-state index in [9.17, 15) is 9.59 Å². The molecule has 2 rings (SSSR count). The molecule has 0 unspecified atom stereocenters. The van der Waals surface area contributed by atoms with Gasteiger partial charge in [0.15, 0.2) is 0 Å². The average molecular weight is 348 g/mol. The molecule has 1 fully saturated rings. The number of hydrogen-bond acceptors (Lipinski definition) is 5. The van der Waals surface area contributed by atoms with Gasteiger partial charge < -0.3 is 15.3 Å². The summed E-state index contributed by atoms with van der Waals surface area (Å²) in [6, 6.07) is 0. The fraction of sp³-hybridized carbons (Fsp3) is 0.667. The van der Waals surface area contributed by atoms with E-state index < -0.39 is 5.97 Å². The van der Waals surface area contributed by atoms with Gasteiger partial charge in [0, 0.05) is 44.4 Å². The van der Waals surface area contributed by atoms with Gasteiger partial charge in [-0.25, -0.2) is 4.98 Å². The van der Waals surface area contributed by atoms with E-state index in [2.05, 4.69) is 20.2 Å². The number of rotatable bonds is 10. The maximum absolute atomic E-state index is 12.2. The van der Waals surface area contributed by atoms with E-state index in [0.29, 0.717) is 6.54 Å². The number of carboxylic acids is 1. The Hall–Kier alpha value is -2.18. The molecule has 0 aliphatic carbocycles. The van der Waals surface area contributed by atoms with Gasteiger partial charge in [0.2, 0.25) is 5.91 Å². The third kappa shape index (κ3) is 7.07. The van der Waals surface area contributed by atoms with E-state index in [0.717, 1.165) is 63.9 Å². The molecular formula is C18H28N4O3. The number of anilines is 1. The summed E-state index contributed by atoms with van der Waals surface area (Å²) in [7, 11) is 0. The zero-order chi connectivity index (χ0) is 17.9. The molecule has 2 N–H and O–H groups in total. The number of carboxylic acid groups (broad SMARTS) is 1. The molecule has 0 radical (unpaired) electrons. The Morgan fingerprint density at radius 1 is 1.12 bits per heavy atom. The minimum Gasteiger partial charge on any atom is -0.481 e. The van der Waals surface area contributed by atoms with Crippen molar-refractivity contribution in [2.45, 2.75) is 51.4 Å². The van der Waals surface area contributed by atoms with Gasteiger partial charge in [-0.15, -0.1) is 0 Å². The molecule has 1 aromatic rings. The van der Waals surface area contributed by atoms with Crippen molar-refractivity contribution in [3.8, 4) is 0 Å². The predicted molar refractivity (Wildman–Crippen MR) is 95.3 cm³/mol. The van der Waals surface area contributed by atoms with Gasteiger partial charge in [-0.2, -0.15) is 0 Å². The molecule has 2 heterocycles. The Labute approximate surface area is 148 Å². The van der Waals surface area contributed by atoms with E-state index in [-0.39, 0.29) is 18.2 Å². The van der Waals surface area contributed by atoms with Gasteiger partial charge in [0.1, 0.15) is 5.82 Å². The van der Waals surface area contributed by atoms with Crippen LogP contribution in [0.3, 0.4) is 0 Å². The van der Waals surface area contributed by atoms with Crippen molar-refractivity contribution < 1.29 is 14.7 Å². The third-order valence-electron chi connectivity index (χ3n) is 4.61. The fourth-order valence-corrected chi connectivity index (χ4v) is 3.11. The first kappa shape index (κ1) is 19.1. The average Bonchev–Trinajstić information content (AvgIpc) is 2.64. The molecule has 1 aliphatic heterocycles. The second-order valence-electron chi connectivity index (χ2n) is 6.53. The van der Waals surface area contributed by atoms with E-state index in [1.165, 1.54) is 0 Å². The van der Waals surface area contributed by atoms with Crippen molar-refractivity contribution in [2.24, 2.45) is 5.92 Å². The Morgan fingerprint density at radius 3 is 2.52 bits per heavy atom. The largest absolute Gasteiger partial charge is 0.481 e. The highest BCUT2D eigenvalue weighted by molar-refractivity contribution is 5.78. The van der Waals surface area contributed by atoms with Crippen LogP contribution >= 0.6 is 0 Å². The van der Waals surface area contributed by atoms with Crippen LogP contribution in [0.25, 0.3) is 0 Å². The lowest BCUT2D eigenvalue weighted by molar-refractivity contribution is -0.137. The van der Waals surface area contributed by atoms with Crippen LogP contribution in [-0.2, 0) is 9.59 Å². The summed E-state index contributed by atoms with van der Waals surface area (Å²) in [5.41, 5.74) is 0. The van der Waals surface area contributed by atoms with Crippen molar-refractivity contribution >= 4 is 17.7 Å². The highest BCUT2D eigenvalue weighted by atomic mass is 16.4. The summed E-state index contributed by atoms with van der Waals surface area (Å²) in [6.45, 7) is 2.38. The Balaban J connectivity index is 1.53. The summed E-state index contributed by atoms with van der Waals surface area (Å²) in [5, 5.41) is 11.6. The third-order valence-corrected chi connectivity index (χ3v) is 4.61. The van der Waals surface area contributed by atoms with Crippen LogP contribution in [0.4, 0.5) is 5.82 Å². The van der Waals surface area contributed by atoms with Gasteiger partial charge in [0.05, 0.1) is 6.20 Å². The minimum absolute atomic E-state index is 0.0866. The highest BCUT2D eigenvalue weighted by Gasteiger charge is 2.25. The number of aromatic nitrogens is 2. The lowest BCUT2D eigenvalue weighted by Gasteiger charge is -2.31. The first-order chi connectivity index (χ1) is 12.2. The molecule has 1 amide bonds. The van der Waals surface area contributed by atoms with Crippen molar-refractivity contribution in [1.29, 1.82) is 0 Å². The van der Waals surface area contributed by atoms with Crippen LogP contribution < -0.4 is 10.2 Å². The number of piperidine rings is 1. The standard InChI is InChI=1S/C18H28N4O3/c23-17(24)6-4-2-1-3-5-9-21-18(25)15-7-12-22(13-8-15)16-14-19-10-11-20-16/h10-11,14-15H,1-9,12-13H2,(H,21,25)(H,23,24). The highest BCUT2D eigenvalue weighted by Crippen LogP contribution is 2.21.